The first-order valence-electron chi connectivity index (χ1n) is 9.56. The zero-order chi connectivity index (χ0) is 20.5. The third-order valence-corrected chi connectivity index (χ3v) is 5.74. The summed E-state index contributed by atoms with van der Waals surface area (Å²) in [7, 11) is 0. The normalized spacial score (nSPS) is 30.0. The van der Waals surface area contributed by atoms with Gasteiger partial charge in [-0.05, 0) is 63.0 Å². The lowest BCUT2D eigenvalue weighted by Crippen LogP contribution is -2.36. The minimum Gasteiger partial charge on any atom is -0.457 e. The molecule has 156 valence electrons. The van der Waals surface area contributed by atoms with E-state index in [4.69, 9.17) is 4.74 Å². The molecule has 28 heavy (non-hydrogen) atoms. The third kappa shape index (κ3) is 5.03. The van der Waals surface area contributed by atoms with E-state index < -0.39 is 30.5 Å². The van der Waals surface area contributed by atoms with Crippen molar-refractivity contribution in [1.82, 2.24) is 0 Å². The van der Waals surface area contributed by atoms with Gasteiger partial charge in [-0.15, -0.1) is 13.2 Å². The molecule has 1 aliphatic heterocycles. The number of aliphatic hydroxyl groups excluding tert-OH is 1. The Labute approximate surface area is 160 Å². The van der Waals surface area contributed by atoms with E-state index in [1.807, 2.05) is 0 Å². The quantitative estimate of drug-likeness (QED) is 0.569. The van der Waals surface area contributed by atoms with Gasteiger partial charge in [-0.25, -0.2) is 4.39 Å². The van der Waals surface area contributed by atoms with E-state index in [0.29, 0.717) is 31.2 Å². The molecule has 1 saturated heterocycles. The van der Waals surface area contributed by atoms with Crippen LogP contribution >= 0.6 is 0 Å². The van der Waals surface area contributed by atoms with Gasteiger partial charge in [0.2, 0.25) is 0 Å². The molecular weight excluding hydrogens is 380 g/mol. The number of alkyl halides is 3. The predicted molar refractivity (Wildman–Crippen MR) is 91.5 cm³/mol. The summed E-state index contributed by atoms with van der Waals surface area (Å²) in [5, 5.41) is 9.51. The average Bonchev–Trinajstić information content (AvgIpc) is 2.61. The molecule has 0 aromatic heterocycles. The van der Waals surface area contributed by atoms with Gasteiger partial charge in [0.1, 0.15) is 11.9 Å². The zero-order valence-electron chi connectivity index (χ0n) is 15.5. The van der Waals surface area contributed by atoms with Crippen LogP contribution in [0, 0.1) is 17.7 Å². The number of carbonyl (C=O) groups excluding carboxylic acids is 1. The third-order valence-electron chi connectivity index (χ3n) is 5.74. The van der Waals surface area contributed by atoms with Crippen molar-refractivity contribution in [2.75, 3.05) is 0 Å². The van der Waals surface area contributed by atoms with Crippen LogP contribution in [0.3, 0.4) is 0 Å². The molecule has 8 heteroatoms. The van der Waals surface area contributed by atoms with Crippen LogP contribution < -0.4 is 0 Å². The Hall–Kier alpha value is -1.67. The highest BCUT2D eigenvalue weighted by molar-refractivity contribution is 5.74. The highest BCUT2D eigenvalue weighted by atomic mass is 19.4. The summed E-state index contributed by atoms with van der Waals surface area (Å²) in [6.07, 6.45) is -4.36. The molecule has 0 amide bonds. The lowest BCUT2D eigenvalue weighted by molar-refractivity contribution is -0.346. The number of cyclic esters (lactones) is 1. The molecule has 2 fully saturated rings. The number of rotatable bonds is 4. The van der Waals surface area contributed by atoms with Crippen LogP contribution in [-0.2, 0) is 14.3 Å². The van der Waals surface area contributed by atoms with Gasteiger partial charge >= 0.3 is 12.3 Å². The highest BCUT2D eigenvalue weighted by Crippen LogP contribution is 2.41. The van der Waals surface area contributed by atoms with Gasteiger partial charge in [0, 0.05) is 5.56 Å². The van der Waals surface area contributed by atoms with Crippen LogP contribution in [0.1, 0.15) is 68.8 Å². The van der Waals surface area contributed by atoms with Crippen LogP contribution in [0.4, 0.5) is 17.6 Å². The fourth-order valence-electron chi connectivity index (χ4n) is 4.28. The van der Waals surface area contributed by atoms with E-state index in [0.717, 1.165) is 0 Å². The Bertz CT molecular complexity index is 696. The smallest absolute Gasteiger partial charge is 0.457 e. The molecule has 1 aliphatic carbocycles. The maximum Gasteiger partial charge on any atom is 0.522 e. The minimum atomic E-state index is -4.63. The maximum atomic E-state index is 14.1. The molecule has 1 aromatic carbocycles. The predicted octanol–water partition coefficient (Wildman–Crippen LogP) is 4.97. The molecule has 0 radical (unpaired) electrons. The van der Waals surface area contributed by atoms with Gasteiger partial charge < -0.3 is 9.84 Å². The zero-order valence-corrected chi connectivity index (χ0v) is 15.5. The Balaban J connectivity index is 1.56. The second kappa shape index (κ2) is 8.37. The number of ether oxygens (including phenoxy) is 2. The van der Waals surface area contributed by atoms with E-state index >= 15 is 0 Å². The first kappa shape index (κ1) is 21.0. The van der Waals surface area contributed by atoms with Crippen LogP contribution in [-0.4, -0.2) is 23.5 Å². The van der Waals surface area contributed by atoms with Crippen LogP contribution in [0.2, 0.25) is 0 Å². The molecule has 3 rings (SSSR count). The SMILES string of the molecule is CC(O)c1ccc(C2CCC(C3CCC(OC(F)(F)F)CC3)C(=O)O2)cc1F. The number of esters is 1. The van der Waals surface area contributed by atoms with E-state index in [2.05, 4.69) is 4.74 Å². The van der Waals surface area contributed by atoms with Crippen molar-refractivity contribution in [2.24, 2.45) is 11.8 Å². The number of hydrogen-bond donors (Lipinski definition) is 1. The second-order valence-corrected chi connectivity index (χ2v) is 7.67. The molecule has 0 spiro atoms. The summed E-state index contributed by atoms with van der Waals surface area (Å²) in [6.45, 7) is 1.47. The average molecular weight is 404 g/mol. The topological polar surface area (TPSA) is 55.8 Å². The molecule has 4 nitrogen and oxygen atoms in total. The van der Waals surface area contributed by atoms with E-state index in [9.17, 15) is 27.5 Å². The fraction of sp³-hybridized carbons (Fsp3) is 0.650. The van der Waals surface area contributed by atoms with Crippen molar-refractivity contribution in [3.63, 3.8) is 0 Å². The van der Waals surface area contributed by atoms with Crippen molar-refractivity contribution in [2.45, 2.75) is 70.1 Å². The van der Waals surface area contributed by atoms with Crippen molar-refractivity contribution in [3.05, 3.63) is 35.1 Å². The molecular formula is C20H24F4O4. The number of benzene rings is 1. The Morgan fingerprint density at radius 1 is 1.14 bits per heavy atom. The Morgan fingerprint density at radius 2 is 1.82 bits per heavy atom. The summed E-state index contributed by atoms with van der Waals surface area (Å²) in [4.78, 5) is 12.5. The maximum absolute atomic E-state index is 14.1. The molecule has 1 N–H and O–H groups in total. The molecule has 0 bridgehead atoms. The molecule has 1 heterocycles. The standard InChI is InChI=1S/C20H24F4O4/c1-11(25)15-7-4-13(10-17(15)21)18-9-8-16(19(26)27-18)12-2-5-14(6-3-12)28-20(22,23)24/h4,7,10-12,14,16,18,25H,2-3,5-6,8-9H2,1H3. The van der Waals surface area contributed by atoms with Crippen LogP contribution in [0.5, 0.6) is 0 Å². The van der Waals surface area contributed by atoms with Gasteiger partial charge in [-0.3, -0.25) is 9.53 Å². The van der Waals surface area contributed by atoms with Crippen molar-refractivity contribution >= 4 is 5.97 Å². The van der Waals surface area contributed by atoms with Gasteiger partial charge in [0.25, 0.3) is 0 Å². The monoisotopic (exact) mass is 404 g/mol. The minimum absolute atomic E-state index is 0.0177. The highest BCUT2D eigenvalue weighted by Gasteiger charge is 2.40. The molecule has 3 atom stereocenters. The van der Waals surface area contributed by atoms with E-state index in [1.165, 1.54) is 19.1 Å². The lowest BCUT2D eigenvalue weighted by Gasteiger charge is -2.36. The fourth-order valence-corrected chi connectivity index (χ4v) is 4.28. The summed E-state index contributed by atoms with van der Waals surface area (Å²) < 4.78 is 60.6. The molecule has 2 aliphatic rings. The molecule has 3 unspecified atom stereocenters. The molecule has 1 saturated carbocycles. The van der Waals surface area contributed by atoms with E-state index in [-0.39, 0.29) is 36.2 Å². The summed E-state index contributed by atoms with van der Waals surface area (Å²) >= 11 is 0. The number of aliphatic hydroxyl groups is 1. The number of halogens is 4. The van der Waals surface area contributed by atoms with Crippen molar-refractivity contribution in [3.8, 4) is 0 Å². The summed E-state index contributed by atoms with van der Waals surface area (Å²) in [6, 6.07) is 4.40. The first-order chi connectivity index (χ1) is 13.1. The van der Waals surface area contributed by atoms with Gasteiger partial charge in [-0.2, -0.15) is 0 Å². The van der Waals surface area contributed by atoms with Crippen molar-refractivity contribution in [1.29, 1.82) is 0 Å². The van der Waals surface area contributed by atoms with Gasteiger partial charge in [-0.1, -0.05) is 12.1 Å². The largest absolute Gasteiger partial charge is 0.522 e. The summed E-state index contributed by atoms with van der Waals surface area (Å²) in [5.74, 6) is -1.29. The van der Waals surface area contributed by atoms with Crippen LogP contribution in [0.25, 0.3) is 0 Å². The van der Waals surface area contributed by atoms with E-state index in [1.54, 1.807) is 6.07 Å². The number of carbonyl (C=O) groups is 1. The van der Waals surface area contributed by atoms with Crippen molar-refractivity contribution < 1.29 is 36.9 Å². The molecule has 1 aromatic rings. The summed E-state index contributed by atoms with van der Waals surface area (Å²) in [5.41, 5.74) is 0.720. The van der Waals surface area contributed by atoms with Gasteiger partial charge in [0.05, 0.1) is 18.1 Å². The second-order valence-electron chi connectivity index (χ2n) is 7.67. The Morgan fingerprint density at radius 3 is 2.36 bits per heavy atom. The Kier molecular flexibility index (Phi) is 6.29. The first-order valence-corrected chi connectivity index (χ1v) is 9.56. The lowest BCUT2D eigenvalue weighted by atomic mass is 9.75. The number of hydrogen-bond acceptors (Lipinski definition) is 4. The van der Waals surface area contributed by atoms with Gasteiger partial charge in [0.15, 0.2) is 0 Å². The van der Waals surface area contributed by atoms with Crippen LogP contribution in [0.15, 0.2) is 18.2 Å².